The normalized spacial score (nSPS) is 15.1. The number of nitrogens with one attached hydrogen (secondary N) is 1. The molecule has 0 radical (unpaired) electrons. The van der Waals surface area contributed by atoms with Gasteiger partial charge in [0, 0.05) is 13.1 Å². The molecule has 436 valence electrons. The first kappa shape index (κ1) is 65.7. The summed E-state index contributed by atoms with van der Waals surface area (Å²) in [6.45, 7) is 5.55. The van der Waals surface area contributed by atoms with Gasteiger partial charge in [-0.15, -0.1) is 0 Å². The summed E-state index contributed by atoms with van der Waals surface area (Å²) in [4.78, 5) is 51.0. The lowest BCUT2D eigenvalue weighted by molar-refractivity contribution is -0.141. The highest BCUT2D eigenvalue weighted by molar-refractivity contribution is 7.90. The minimum Gasteiger partial charge on any atom is -0.480 e. The van der Waals surface area contributed by atoms with E-state index < -0.39 is 56.2 Å². The molecule has 79 heavy (non-hydrogen) atoms. The van der Waals surface area contributed by atoms with Crippen molar-refractivity contribution in [3.05, 3.63) is 131 Å². The quantitative estimate of drug-likeness (QED) is 0.0402. The van der Waals surface area contributed by atoms with Gasteiger partial charge in [0.05, 0.1) is 9.79 Å². The molecule has 0 saturated carbocycles. The summed E-state index contributed by atoms with van der Waals surface area (Å²) in [5.74, 6) is -1.68. The van der Waals surface area contributed by atoms with Crippen LogP contribution >= 0.6 is 0 Å². The van der Waals surface area contributed by atoms with Crippen molar-refractivity contribution in [1.29, 1.82) is 0 Å². The second-order valence-electron chi connectivity index (χ2n) is 20.8. The second kappa shape index (κ2) is 37.2. The molecule has 0 aromatic heterocycles. The molecular weight excluding hydrogens is 1040 g/mol. The molecule has 0 spiro atoms. The van der Waals surface area contributed by atoms with E-state index in [0.717, 1.165) is 36.0 Å². The third-order valence-electron chi connectivity index (χ3n) is 14.3. The van der Waals surface area contributed by atoms with Gasteiger partial charge < -0.3 is 14.6 Å². The molecule has 2 aliphatic heterocycles. The van der Waals surface area contributed by atoms with Crippen LogP contribution in [0.15, 0.2) is 119 Å². The van der Waals surface area contributed by atoms with Crippen LogP contribution in [-0.2, 0) is 65.2 Å². The number of nitrogens with zero attached hydrogens (tertiary/aromatic N) is 2. The lowest BCUT2D eigenvalue weighted by Crippen LogP contribution is -2.47. The molecule has 2 aliphatic rings. The van der Waals surface area contributed by atoms with Crippen LogP contribution in [0.25, 0.3) is 0 Å². The number of carboxylic acids is 1. The van der Waals surface area contributed by atoms with Gasteiger partial charge >= 0.3 is 18.2 Å². The number of sulfonamides is 2. The van der Waals surface area contributed by atoms with Gasteiger partial charge in [0.15, 0.2) is 0 Å². The predicted octanol–water partition coefficient (Wildman–Crippen LogP) is 13.4. The van der Waals surface area contributed by atoms with Gasteiger partial charge in [-0.3, -0.25) is 14.6 Å². The lowest BCUT2D eigenvalue weighted by atomic mass is 10.0. The van der Waals surface area contributed by atoms with Crippen molar-refractivity contribution in [3.63, 3.8) is 0 Å². The van der Waals surface area contributed by atoms with Gasteiger partial charge in [0.2, 0.25) is 10.0 Å². The summed E-state index contributed by atoms with van der Waals surface area (Å²) >= 11 is 0. The predicted molar refractivity (Wildman–Crippen MR) is 311 cm³/mol. The van der Waals surface area contributed by atoms with E-state index >= 15 is 0 Å². The highest BCUT2D eigenvalue weighted by atomic mass is 32.2. The minimum absolute atomic E-state index is 0.0406. The van der Waals surface area contributed by atoms with Gasteiger partial charge in [0.1, 0.15) is 25.3 Å². The smallest absolute Gasteiger partial charge is 0.410 e. The molecular formula is C62H90N4O11S2. The van der Waals surface area contributed by atoms with Crippen molar-refractivity contribution < 1.29 is 50.6 Å². The lowest BCUT2D eigenvalue weighted by Gasteiger charge is -2.23. The highest BCUT2D eigenvalue weighted by Crippen LogP contribution is 2.23. The number of hydrogen-bond acceptors (Lipinski definition) is 10. The fourth-order valence-electron chi connectivity index (χ4n) is 9.68. The number of rotatable bonds is 31. The van der Waals surface area contributed by atoms with Gasteiger partial charge in [-0.1, -0.05) is 214 Å². The Hall–Kier alpha value is -5.78. The number of likely N-dealkylation sites (tertiary alicyclic amines) is 2. The van der Waals surface area contributed by atoms with Crippen molar-refractivity contribution in [2.24, 2.45) is 5.14 Å². The van der Waals surface area contributed by atoms with Crippen molar-refractivity contribution >= 4 is 44.1 Å². The Bertz CT molecular complexity index is 2590. The maximum absolute atomic E-state index is 12.9. The van der Waals surface area contributed by atoms with Crippen molar-refractivity contribution in [2.45, 2.75) is 216 Å². The third-order valence-corrected chi connectivity index (χ3v) is 16.6. The van der Waals surface area contributed by atoms with Crippen molar-refractivity contribution in [2.75, 3.05) is 13.1 Å². The number of primary sulfonamides is 1. The fraction of sp³-hybridized carbons (Fsp3) is 0.548. The summed E-state index contributed by atoms with van der Waals surface area (Å²) in [5.41, 5.74) is 4.00. The molecule has 0 unspecified atom stereocenters. The molecule has 3 amide bonds. The SMILES string of the molecule is CCCCCCCCCCCCc1ccc(S(=O)(=O)NC(=O)[C@H]2CCCN2C(=O)OCc2ccccc2)cc1.CCCCCCCCCCCCc1ccc(S(N)(=O)=O)cc1.O=C(O)[C@H]1CCCN1C(=O)OCc1ccccc1. The number of carbonyl (C=O) groups is 4. The summed E-state index contributed by atoms with van der Waals surface area (Å²) in [5, 5.41) is 14.1. The first-order chi connectivity index (χ1) is 38.1. The number of unbranched alkanes of at least 4 members (excludes halogenated alkanes) is 18. The highest BCUT2D eigenvalue weighted by Gasteiger charge is 2.37. The van der Waals surface area contributed by atoms with Crippen LogP contribution in [0.5, 0.6) is 0 Å². The molecule has 0 aliphatic carbocycles. The topological polar surface area (TPSA) is 220 Å². The molecule has 15 nitrogen and oxygen atoms in total. The summed E-state index contributed by atoms with van der Waals surface area (Å²) in [6, 6.07) is 30.6. The number of carbonyl (C=O) groups excluding carboxylic acids is 3. The van der Waals surface area contributed by atoms with Gasteiger partial charge in [-0.25, -0.2) is 41.1 Å². The summed E-state index contributed by atoms with van der Waals surface area (Å²) in [6.07, 6.45) is 29.0. The molecule has 2 atom stereocenters. The fourth-order valence-corrected chi connectivity index (χ4v) is 11.2. The Morgan fingerprint density at radius 1 is 0.494 bits per heavy atom. The van der Waals surface area contributed by atoms with Crippen LogP contribution in [0.4, 0.5) is 9.59 Å². The second-order valence-corrected chi connectivity index (χ2v) is 24.0. The van der Waals surface area contributed by atoms with Crippen LogP contribution in [0.2, 0.25) is 0 Å². The maximum atomic E-state index is 12.9. The summed E-state index contributed by atoms with van der Waals surface area (Å²) < 4.78 is 60.7. The number of carboxylic acid groups (broad SMARTS) is 1. The molecule has 2 saturated heterocycles. The van der Waals surface area contributed by atoms with Gasteiger partial charge in [-0.05, 0) is 97.9 Å². The van der Waals surface area contributed by atoms with E-state index in [9.17, 15) is 36.0 Å². The zero-order valence-electron chi connectivity index (χ0n) is 47.1. The number of aryl methyl sites for hydroxylation is 2. The zero-order chi connectivity index (χ0) is 57.1. The Labute approximate surface area is 472 Å². The van der Waals surface area contributed by atoms with E-state index in [0.29, 0.717) is 38.8 Å². The van der Waals surface area contributed by atoms with Crippen molar-refractivity contribution in [3.8, 4) is 0 Å². The van der Waals surface area contributed by atoms with Crippen LogP contribution in [0.3, 0.4) is 0 Å². The Morgan fingerprint density at radius 3 is 1.23 bits per heavy atom. The zero-order valence-corrected chi connectivity index (χ0v) is 48.7. The Morgan fingerprint density at radius 2 is 0.848 bits per heavy atom. The molecule has 4 N–H and O–H groups in total. The number of hydrogen-bond donors (Lipinski definition) is 3. The number of aliphatic carboxylic acids is 1. The maximum Gasteiger partial charge on any atom is 0.410 e. The van der Waals surface area contributed by atoms with E-state index in [2.05, 4.69) is 18.6 Å². The number of nitrogens with two attached hydrogens (primary N) is 1. The first-order valence-corrected chi connectivity index (χ1v) is 32.1. The van der Waals surface area contributed by atoms with Crippen LogP contribution < -0.4 is 9.86 Å². The molecule has 4 aromatic rings. The third kappa shape index (κ3) is 25.9. The van der Waals surface area contributed by atoms with E-state index in [1.165, 1.54) is 137 Å². The average Bonchev–Trinajstić information content (AvgIpc) is 4.16. The molecule has 6 rings (SSSR count). The standard InChI is InChI=1S/C31H44N2O5S.C18H31NO2S.C13H15NO4/c1-2-3-4-5-6-7-8-9-10-12-16-26-20-22-28(23-21-26)39(36,37)32-30(34)29-19-15-24-33(29)31(35)38-25-27-17-13-11-14-18-27;1-2-3-4-5-6-7-8-9-10-11-12-17-13-15-18(16-14-17)22(19,20)21;15-12(16)11-7-4-8-14(11)13(17)18-9-10-5-2-1-3-6-10/h11,13-14,17-18,20-23,29H,2-10,12,15-16,19,24-25H2,1H3,(H,32,34);13-16H,2-12H2,1H3,(H2,19,20,21);1-3,5-6,11H,4,7-9H2,(H,15,16)/t29-;;11-/m1.1/s1. The van der Waals surface area contributed by atoms with E-state index in [4.69, 9.17) is 19.7 Å². The molecule has 4 aromatic carbocycles. The largest absolute Gasteiger partial charge is 0.480 e. The minimum atomic E-state index is -4.04. The van der Waals surface area contributed by atoms with Crippen molar-refractivity contribution in [1.82, 2.24) is 14.5 Å². The van der Waals surface area contributed by atoms with E-state index in [-0.39, 0.29) is 23.0 Å². The monoisotopic (exact) mass is 1130 g/mol. The number of ether oxygens (including phenoxy) is 2. The van der Waals surface area contributed by atoms with Crippen LogP contribution in [0, 0.1) is 0 Å². The van der Waals surface area contributed by atoms with Crippen LogP contribution in [0.1, 0.15) is 190 Å². The first-order valence-electron chi connectivity index (χ1n) is 29.1. The Kier molecular flexibility index (Phi) is 31.0. The summed E-state index contributed by atoms with van der Waals surface area (Å²) in [7, 11) is -7.60. The molecule has 17 heteroatoms. The number of benzene rings is 4. The van der Waals surface area contributed by atoms with Gasteiger partial charge in [-0.2, -0.15) is 0 Å². The van der Waals surface area contributed by atoms with Gasteiger partial charge in [0.25, 0.3) is 15.9 Å². The van der Waals surface area contributed by atoms with Crippen LogP contribution in [-0.4, -0.2) is 81.0 Å². The Balaban J connectivity index is 0.000000282. The molecule has 2 heterocycles. The number of amides is 3. The average molecular weight is 1130 g/mol. The van der Waals surface area contributed by atoms with E-state index in [1.807, 2.05) is 84.9 Å². The molecule has 0 bridgehead atoms. The van der Waals surface area contributed by atoms with E-state index in [1.54, 1.807) is 24.3 Å². The molecule has 2 fully saturated rings.